The van der Waals surface area contributed by atoms with Crippen molar-refractivity contribution in [2.24, 2.45) is 5.92 Å². The zero-order valence-corrected chi connectivity index (χ0v) is 20.8. The highest BCUT2D eigenvalue weighted by molar-refractivity contribution is 4.98. The molecular formula is C29H56. The molecule has 29 heavy (non-hydrogen) atoms. The fraction of sp³-hybridized carbons (Fsp3) is 0.931. The third-order valence-electron chi connectivity index (χ3n) is 6.31. The third-order valence-corrected chi connectivity index (χ3v) is 6.31. The van der Waals surface area contributed by atoms with Crippen LogP contribution in [0.3, 0.4) is 0 Å². The molecule has 0 saturated heterocycles. The molecule has 0 radical (unpaired) electrons. The van der Waals surface area contributed by atoms with E-state index in [2.05, 4.69) is 32.6 Å². The van der Waals surface area contributed by atoms with Gasteiger partial charge in [0.25, 0.3) is 0 Å². The van der Waals surface area contributed by atoms with Crippen molar-refractivity contribution in [3.05, 3.63) is 0 Å². The maximum Gasteiger partial charge on any atom is 0.00886 e. The molecule has 0 nitrogen and oxygen atoms in total. The molecule has 1 atom stereocenters. The van der Waals surface area contributed by atoms with Crippen molar-refractivity contribution < 1.29 is 0 Å². The van der Waals surface area contributed by atoms with Crippen molar-refractivity contribution in [1.82, 2.24) is 0 Å². The van der Waals surface area contributed by atoms with Crippen molar-refractivity contribution in [2.75, 3.05) is 0 Å². The molecule has 0 fully saturated rings. The Hall–Kier alpha value is -0.440. The number of hydrogen-bond acceptors (Lipinski definition) is 0. The summed E-state index contributed by atoms with van der Waals surface area (Å²) in [5.41, 5.74) is 0. The van der Waals surface area contributed by atoms with Gasteiger partial charge in [0, 0.05) is 12.8 Å². The molecule has 0 aromatic rings. The van der Waals surface area contributed by atoms with Crippen LogP contribution < -0.4 is 0 Å². The van der Waals surface area contributed by atoms with Crippen LogP contribution in [0.1, 0.15) is 168 Å². The van der Waals surface area contributed by atoms with Gasteiger partial charge in [-0.1, -0.05) is 143 Å². The highest BCUT2D eigenvalue weighted by atomic mass is 14.1. The van der Waals surface area contributed by atoms with E-state index in [1.807, 2.05) is 0 Å². The van der Waals surface area contributed by atoms with E-state index in [1.54, 1.807) is 0 Å². The first-order valence-corrected chi connectivity index (χ1v) is 13.8. The molecule has 0 aliphatic heterocycles. The second kappa shape index (κ2) is 25.6. The van der Waals surface area contributed by atoms with Gasteiger partial charge in [-0.3, -0.25) is 0 Å². The predicted molar refractivity (Wildman–Crippen MR) is 134 cm³/mol. The average molecular weight is 405 g/mol. The summed E-state index contributed by atoms with van der Waals surface area (Å²) in [6, 6.07) is 0. The van der Waals surface area contributed by atoms with Crippen molar-refractivity contribution in [3.8, 4) is 11.8 Å². The highest BCUT2D eigenvalue weighted by Crippen LogP contribution is 2.16. The Bertz CT molecular complexity index is 345. The van der Waals surface area contributed by atoms with Crippen LogP contribution in [0.15, 0.2) is 0 Å². The minimum absolute atomic E-state index is 0.955. The quantitative estimate of drug-likeness (QED) is 0.124. The van der Waals surface area contributed by atoms with E-state index < -0.39 is 0 Å². The van der Waals surface area contributed by atoms with Crippen LogP contribution in [-0.4, -0.2) is 0 Å². The normalized spacial score (nSPS) is 12.0. The van der Waals surface area contributed by atoms with Crippen LogP contribution in [0.25, 0.3) is 0 Å². The van der Waals surface area contributed by atoms with E-state index in [0.29, 0.717) is 0 Å². The molecule has 0 aliphatic carbocycles. The molecule has 0 heteroatoms. The first-order chi connectivity index (χ1) is 14.3. The Morgan fingerprint density at radius 2 is 0.793 bits per heavy atom. The van der Waals surface area contributed by atoms with Gasteiger partial charge < -0.3 is 0 Å². The van der Waals surface area contributed by atoms with Crippen molar-refractivity contribution >= 4 is 0 Å². The summed E-state index contributed by atoms with van der Waals surface area (Å²) in [5, 5.41) is 0. The van der Waals surface area contributed by atoms with Crippen molar-refractivity contribution in [3.63, 3.8) is 0 Å². The summed E-state index contributed by atoms with van der Waals surface area (Å²) in [6.45, 7) is 7.02. The van der Waals surface area contributed by atoms with Crippen LogP contribution in [0.5, 0.6) is 0 Å². The second-order valence-electron chi connectivity index (χ2n) is 9.55. The maximum absolute atomic E-state index is 3.40. The molecule has 1 unspecified atom stereocenters. The zero-order valence-electron chi connectivity index (χ0n) is 20.8. The van der Waals surface area contributed by atoms with Gasteiger partial charge in [0.05, 0.1) is 0 Å². The highest BCUT2D eigenvalue weighted by Gasteiger charge is 2.00. The molecule has 0 rings (SSSR count). The largest absolute Gasteiger partial charge is 0.103 e. The van der Waals surface area contributed by atoms with Gasteiger partial charge in [0.1, 0.15) is 0 Å². The van der Waals surface area contributed by atoms with Crippen LogP contribution in [-0.2, 0) is 0 Å². The fourth-order valence-electron chi connectivity index (χ4n) is 4.28. The summed E-state index contributed by atoms with van der Waals surface area (Å²) in [5.74, 6) is 7.74. The van der Waals surface area contributed by atoms with E-state index >= 15 is 0 Å². The number of unbranched alkanes of at least 4 members (excludes halogenated alkanes) is 18. The Morgan fingerprint density at radius 1 is 0.414 bits per heavy atom. The molecule has 0 bridgehead atoms. The van der Waals surface area contributed by atoms with E-state index in [9.17, 15) is 0 Å². The van der Waals surface area contributed by atoms with E-state index in [-0.39, 0.29) is 0 Å². The van der Waals surface area contributed by atoms with Gasteiger partial charge in [0.15, 0.2) is 0 Å². The smallest absolute Gasteiger partial charge is 0.00886 e. The number of rotatable bonds is 22. The minimum Gasteiger partial charge on any atom is -0.103 e. The molecule has 0 saturated carbocycles. The third kappa shape index (κ3) is 25.5. The SMILES string of the molecule is CCCCCCCCCC#CCCCCCCCCCCCCCC(C)CCC. The molecule has 0 aromatic carbocycles. The summed E-state index contributed by atoms with van der Waals surface area (Å²) in [7, 11) is 0. The lowest BCUT2D eigenvalue weighted by atomic mass is 9.98. The molecule has 0 amide bonds. The van der Waals surface area contributed by atoms with Gasteiger partial charge in [0.2, 0.25) is 0 Å². The Balaban J connectivity index is 3.12. The lowest BCUT2D eigenvalue weighted by Gasteiger charge is -2.09. The standard InChI is InChI=1S/C29H56/c1-4-6-7-8-9-10-11-12-13-14-15-16-17-18-19-20-21-22-23-24-25-26-28-29(3)27-5-2/h29H,4-12,15-28H2,1-3H3. The van der Waals surface area contributed by atoms with Gasteiger partial charge in [-0.15, -0.1) is 11.8 Å². The fourth-order valence-corrected chi connectivity index (χ4v) is 4.28. The molecule has 172 valence electrons. The summed E-state index contributed by atoms with van der Waals surface area (Å²) < 4.78 is 0. The van der Waals surface area contributed by atoms with E-state index in [1.165, 1.54) is 135 Å². The van der Waals surface area contributed by atoms with Crippen LogP contribution in [0.4, 0.5) is 0 Å². The first-order valence-electron chi connectivity index (χ1n) is 13.8. The molecule has 0 heterocycles. The molecule has 0 spiro atoms. The minimum atomic E-state index is 0.955. The summed E-state index contributed by atoms with van der Waals surface area (Å²) >= 11 is 0. The molecule has 0 aliphatic rings. The van der Waals surface area contributed by atoms with E-state index in [0.717, 1.165) is 18.8 Å². The lowest BCUT2D eigenvalue weighted by Crippen LogP contribution is -1.93. The Morgan fingerprint density at radius 3 is 1.21 bits per heavy atom. The van der Waals surface area contributed by atoms with Gasteiger partial charge in [-0.2, -0.15) is 0 Å². The van der Waals surface area contributed by atoms with Crippen LogP contribution in [0.2, 0.25) is 0 Å². The molecule has 0 aromatic heterocycles. The Kier molecular flexibility index (Phi) is 25.2. The van der Waals surface area contributed by atoms with Gasteiger partial charge in [-0.25, -0.2) is 0 Å². The second-order valence-corrected chi connectivity index (χ2v) is 9.55. The van der Waals surface area contributed by atoms with E-state index in [4.69, 9.17) is 0 Å². The monoisotopic (exact) mass is 404 g/mol. The first kappa shape index (κ1) is 28.6. The maximum atomic E-state index is 3.40. The lowest BCUT2D eigenvalue weighted by molar-refractivity contribution is 0.450. The molecule has 0 N–H and O–H groups in total. The predicted octanol–water partition coefficient (Wildman–Crippen LogP) is 10.6. The average Bonchev–Trinajstić information content (AvgIpc) is 2.72. The van der Waals surface area contributed by atoms with Gasteiger partial charge in [-0.05, 0) is 18.8 Å². The van der Waals surface area contributed by atoms with Crippen molar-refractivity contribution in [1.29, 1.82) is 0 Å². The van der Waals surface area contributed by atoms with Gasteiger partial charge >= 0.3 is 0 Å². The van der Waals surface area contributed by atoms with Crippen LogP contribution in [0, 0.1) is 17.8 Å². The summed E-state index contributed by atoms with van der Waals surface area (Å²) in [6.07, 6.45) is 32.1. The molecular weight excluding hydrogens is 348 g/mol. The number of hydrogen-bond donors (Lipinski definition) is 0. The zero-order chi connectivity index (χ0) is 21.3. The van der Waals surface area contributed by atoms with Crippen molar-refractivity contribution in [2.45, 2.75) is 168 Å². The Labute approximate surface area is 186 Å². The van der Waals surface area contributed by atoms with Crippen LogP contribution >= 0.6 is 0 Å². The summed E-state index contributed by atoms with van der Waals surface area (Å²) in [4.78, 5) is 0. The topological polar surface area (TPSA) is 0 Å².